The molecule has 2 N–H and O–H groups in total. The summed E-state index contributed by atoms with van der Waals surface area (Å²) in [4.78, 5) is 7.87. The molecule has 0 unspecified atom stereocenters. The van der Waals surface area contributed by atoms with Gasteiger partial charge in [0, 0.05) is 30.7 Å². The fourth-order valence-corrected chi connectivity index (χ4v) is 3.03. The van der Waals surface area contributed by atoms with Gasteiger partial charge in [0.1, 0.15) is 0 Å². The third-order valence-corrected chi connectivity index (χ3v) is 3.95. The molecule has 1 aromatic carbocycles. The van der Waals surface area contributed by atoms with Crippen LogP contribution in [0.15, 0.2) is 36.5 Å². The lowest BCUT2D eigenvalue weighted by atomic mass is 10.1. The van der Waals surface area contributed by atoms with Crippen molar-refractivity contribution in [2.45, 2.75) is 26.8 Å². The topological polar surface area (TPSA) is 42.2 Å². The average molecular weight is 289 g/mol. The van der Waals surface area contributed by atoms with Gasteiger partial charge in [-0.15, -0.1) is 11.3 Å². The van der Waals surface area contributed by atoms with Crippen LogP contribution in [0.4, 0.5) is 5.13 Å². The number of nitrogens with zero attached hydrogens (tertiary/aromatic N) is 2. The lowest BCUT2D eigenvalue weighted by molar-refractivity contribution is 0.240. The van der Waals surface area contributed by atoms with Crippen LogP contribution in [0.2, 0.25) is 0 Å². The van der Waals surface area contributed by atoms with Crippen molar-refractivity contribution in [1.29, 1.82) is 0 Å². The van der Waals surface area contributed by atoms with Gasteiger partial charge in [0.25, 0.3) is 0 Å². The Kier molecular flexibility index (Phi) is 5.56. The number of anilines is 1. The molecule has 108 valence electrons. The molecule has 4 heteroatoms. The Bertz CT molecular complexity index is 507. The Hall–Kier alpha value is -1.39. The normalized spacial score (nSPS) is 11.4. The molecule has 0 aliphatic carbocycles. The second kappa shape index (κ2) is 7.41. The number of hydrogen-bond donors (Lipinski definition) is 1. The van der Waals surface area contributed by atoms with Crippen LogP contribution in [-0.2, 0) is 13.0 Å². The highest BCUT2D eigenvalue weighted by Crippen LogP contribution is 2.17. The van der Waals surface area contributed by atoms with Gasteiger partial charge < -0.3 is 5.73 Å². The zero-order chi connectivity index (χ0) is 14.4. The number of nitrogens with two attached hydrogens (primary N) is 1. The molecule has 2 rings (SSSR count). The molecule has 0 spiro atoms. The molecule has 0 aliphatic rings. The van der Waals surface area contributed by atoms with E-state index in [4.69, 9.17) is 5.73 Å². The lowest BCUT2D eigenvalue weighted by Gasteiger charge is -2.23. The smallest absolute Gasteiger partial charge is 0.180 e. The Morgan fingerprint density at radius 2 is 2.00 bits per heavy atom. The summed E-state index contributed by atoms with van der Waals surface area (Å²) in [6.07, 6.45) is 2.98. The molecule has 3 nitrogen and oxygen atoms in total. The Morgan fingerprint density at radius 1 is 1.25 bits per heavy atom. The summed E-state index contributed by atoms with van der Waals surface area (Å²) in [6, 6.07) is 10.7. The minimum absolute atomic E-state index is 0.660. The second-order valence-corrected chi connectivity index (χ2v) is 6.68. The molecule has 0 saturated heterocycles. The Morgan fingerprint density at radius 3 is 2.60 bits per heavy atom. The fourth-order valence-electron chi connectivity index (χ4n) is 2.30. The van der Waals surface area contributed by atoms with Crippen LogP contribution in [0.5, 0.6) is 0 Å². The quantitative estimate of drug-likeness (QED) is 0.849. The average Bonchev–Trinajstić information content (AvgIpc) is 2.82. The van der Waals surface area contributed by atoms with Gasteiger partial charge in [-0.3, -0.25) is 4.90 Å². The molecule has 1 heterocycles. The maximum Gasteiger partial charge on any atom is 0.180 e. The van der Waals surface area contributed by atoms with Crippen molar-refractivity contribution in [3.05, 3.63) is 47.0 Å². The predicted octanol–water partition coefficient (Wildman–Crippen LogP) is 3.43. The highest BCUT2D eigenvalue weighted by atomic mass is 32.1. The van der Waals surface area contributed by atoms with Crippen LogP contribution in [0, 0.1) is 5.92 Å². The van der Waals surface area contributed by atoms with E-state index in [1.165, 1.54) is 10.4 Å². The molecule has 1 aromatic heterocycles. The first-order valence-electron chi connectivity index (χ1n) is 7.10. The zero-order valence-corrected chi connectivity index (χ0v) is 13.1. The van der Waals surface area contributed by atoms with Crippen LogP contribution in [0.3, 0.4) is 0 Å². The zero-order valence-electron chi connectivity index (χ0n) is 12.2. The second-order valence-electron chi connectivity index (χ2n) is 5.53. The minimum atomic E-state index is 0.660. The van der Waals surface area contributed by atoms with E-state index < -0.39 is 0 Å². The monoisotopic (exact) mass is 289 g/mol. The van der Waals surface area contributed by atoms with Gasteiger partial charge >= 0.3 is 0 Å². The molecule has 0 amide bonds. The number of rotatable bonds is 7. The van der Waals surface area contributed by atoms with E-state index in [0.29, 0.717) is 11.0 Å². The van der Waals surface area contributed by atoms with Crippen LogP contribution in [0.25, 0.3) is 0 Å². The lowest BCUT2D eigenvalue weighted by Crippen LogP contribution is -2.29. The van der Waals surface area contributed by atoms with Gasteiger partial charge in [-0.05, 0) is 17.9 Å². The molecule has 0 aliphatic heterocycles. The summed E-state index contributed by atoms with van der Waals surface area (Å²) in [7, 11) is 0. The van der Waals surface area contributed by atoms with E-state index in [1.54, 1.807) is 11.3 Å². The molecular weight excluding hydrogens is 266 g/mol. The molecule has 20 heavy (non-hydrogen) atoms. The van der Waals surface area contributed by atoms with E-state index in [9.17, 15) is 0 Å². The summed E-state index contributed by atoms with van der Waals surface area (Å²) in [5, 5.41) is 0.660. The number of thiazole rings is 1. The van der Waals surface area contributed by atoms with Crippen molar-refractivity contribution in [1.82, 2.24) is 9.88 Å². The van der Waals surface area contributed by atoms with Crippen LogP contribution in [0.1, 0.15) is 24.3 Å². The maximum absolute atomic E-state index is 5.71. The Labute approximate surface area is 125 Å². The maximum atomic E-state index is 5.71. The van der Waals surface area contributed by atoms with Gasteiger partial charge in [-0.25, -0.2) is 4.98 Å². The summed E-state index contributed by atoms with van der Waals surface area (Å²) in [6.45, 7) is 7.64. The van der Waals surface area contributed by atoms with E-state index >= 15 is 0 Å². The highest BCUT2D eigenvalue weighted by molar-refractivity contribution is 7.15. The van der Waals surface area contributed by atoms with Gasteiger partial charge in [0.2, 0.25) is 0 Å². The standard InChI is InChI=1S/C16H23N3S/c1-13(2)11-19(12-15-10-18-16(17)20-15)9-8-14-6-4-3-5-7-14/h3-7,10,13H,8-9,11-12H2,1-2H3,(H2,17,18). The third kappa shape index (κ3) is 4.94. The van der Waals surface area contributed by atoms with E-state index in [1.807, 2.05) is 6.20 Å². The number of nitrogen functional groups attached to an aromatic ring is 1. The fraction of sp³-hybridized carbons (Fsp3) is 0.438. The van der Waals surface area contributed by atoms with Crippen LogP contribution >= 0.6 is 11.3 Å². The first-order chi connectivity index (χ1) is 9.63. The Balaban J connectivity index is 1.93. The van der Waals surface area contributed by atoms with E-state index in [2.05, 4.69) is 54.1 Å². The molecule has 2 aromatic rings. The highest BCUT2D eigenvalue weighted by Gasteiger charge is 2.10. The molecule has 0 bridgehead atoms. The summed E-state index contributed by atoms with van der Waals surface area (Å²) >= 11 is 1.59. The third-order valence-electron chi connectivity index (χ3n) is 3.13. The first-order valence-corrected chi connectivity index (χ1v) is 7.91. The molecular formula is C16H23N3S. The van der Waals surface area contributed by atoms with Crippen LogP contribution in [-0.4, -0.2) is 23.0 Å². The summed E-state index contributed by atoms with van der Waals surface area (Å²) in [5.74, 6) is 0.663. The minimum Gasteiger partial charge on any atom is -0.375 e. The molecule has 0 atom stereocenters. The van der Waals surface area contributed by atoms with Gasteiger partial charge in [-0.2, -0.15) is 0 Å². The van der Waals surface area contributed by atoms with Gasteiger partial charge in [-0.1, -0.05) is 44.2 Å². The van der Waals surface area contributed by atoms with E-state index in [0.717, 1.165) is 26.1 Å². The van der Waals surface area contributed by atoms with Gasteiger partial charge in [0.15, 0.2) is 5.13 Å². The summed E-state index contributed by atoms with van der Waals surface area (Å²) in [5.41, 5.74) is 7.10. The van der Waals surface area contributed by atoms with Crippen LogP contribution < -0.4 is 5.73 Å². The number of benzene rings is 1. The first kappa shape index (κ1) is 15.0. The van der Waals surface area contributed by atoms with Crippen molar-refractivity contribution >= 4 is 16.5 Å². The predicted molar refractivity (Wildman–Crippen MR) is 86.8 cm³/mol. The molecule has 0 radical (unpaired) electrons. The number of hydrogen-bond acceptors (Lipinski definition) is 4. The molecule has 0 saturated carbocycles. The van der Waals surface area contributed by atoms with Gasteiger partial charge in [0.05, 0.1) is 0 Å². The van der Waals surface area contributed by atoms with E-state index in [-0.39, 0.29) is 0 Å². The summed E-state index contributed by atoms with van der Waals surface area (Å²) < 4.78 is 0. The van der Waals surface area contributed by atoms with Crippen molar-refractivity contribution < 1.29 is 0 Å². The number of aromatic nitrogens is 1. The SMILES string of the molecule is CC(C)CN(CCc1ccccc1)Cc1cnc(N)s1. The largest absolute Gasteiger partial charge is 0.375 e. The van der Waals surface area contributed by atoms with Crippen molar-refractivity contribution in [3.8, 4) is 0 Å². The molecule has 0 fully saturated rings. The van der Waals surface area contributed by atoms with Crippen molar-refractivity contribution in [2.24, 2.45) is 5.92 Å². The van der Waals surface area contributed by atoms with Crippen molar-refractivity contribution in [3.63, 3.8) is 0 Å². The van der Waals surface area contributed by atoms with Crippen molar-refractivity contribution in [2.75, 3.05) is 18.8 Å².